The Balaban J connectivity index is 2.20. The average Bonchev–Trinajstić information content (AvgIpc) is 2.60. The molecule has 7 heteroatoms. The number of rotatable bonds is 4. The van der Waals surface area contributed by atoms with Crippen LogP contribution in [-0.4, -0.2) is 19.1 Å². The number of fused-ring (bicyclic) bond motifs is 1. The molecule has 3 aromatic rings. The summed E-state index contributed by atoms with van der Waals surface area (Å²) in [6.07, 6.45) is 0. The van der Waals surface area contributed by atoms with E-state index in [-0.39, 0.29) is 11.2 Å². The summed E-state index contributed by atoms with van der Waals surface area (Å²) < 4.78 is 16.1. The predicted molar refractivity (Wildman–Crippen MR) is 87.3 cm³/mol. The lowest BCUT2D eigenvalue weighted by Crippen LogP contribution is -2.04. The number of benzene rings is 2. The van der Waals surface area contributed by atoms with Crippen molar-refractivity contribution in [2.24, 2.45) is 0 Å². The molecule has 0 bridgehead atoms. The van der Waals surface area contributed by atoms with Crippen LogP contribution in [0.5, 0.6) is 11.5 Å². The highest BCUT2D eigenvalue weighted by Gasteiger charge is 2.12. The second kappa shape index (κ2) is 6.04. The number of methoxy groups -OCH3 is 2. The van der Waals surface area contributed by atoms with E-state index in [9.17, 15) is 10.1 Å². The molecule has 0 atom stereocenters. The summed E-state index contributed by atoms with van der Waals surface area (Å²) in [6.45, 7) is 0. The SMILES string of the molecule is COc1cc(OC)c2cc(-c3ccc([N+](=O)[O-])cc3)c(=N)oc2c1. The molecule has 1 N–H and O–H groups in total. The third-order valence-corrected chi connectivity index (χ3v) is 3.67. The van der Waals surface area contributed by atoms with Crippen LogP contribution in [0.25, 0.3) is 22.1 Å². The first-order valence-corrected chi connectivity index (χ1v) is 7.03. The lowest BCUT2D eigenvalue weighted by molar-refractivity contribution is -0.384. The highest BCUT2D eigenvalue weighted by molar-refractivity contribution is 5.88. The Morgan fingerprint density at radius 1 is 1.08 bits per heavy atom. The second-order valence-electron chi connectivity index (χ2n) is 5.03. The van der Waals surface area contributed by atoms with Gasteiger partial charge in [-0.3, -0.25) is 15.5 Å². The Labute approximate surface area is 136 Å². The Kier molecular flexibility index (Phi) is 3.91. The molecule has 3 rings (SSSR count). The largest absolute Gasteiger partial charge is 0.496 e. The third kappa shape index (κ3) is 2.67. The molecule has 1 aromatic heterocycles. The molecule has 0 aliphatic rings. The van der Waals surface area contributed by atoms with Gasteiger partial charge in [-0.25, -0.2) is 0 Å². The Bertz CT molecular complexity index is 977. The number of hydrogen-bond acceptors (Lipinski definition) is 6. The molecule has 7 nitrogen and oxygen atoms in total. The van der Waals surface area contributed by atoms with Gasteiger partial charge in [-0.2, -0.15) is 0 Å². The molecule has 2 aromatic carbocycles. The van der Waals surface area contributed by atoms with Gasteiger partial charge in [-0.05, 0) is 23.8 Å². The number of nitrogens with one attached hydrogen (secondary N) is 1. The van der Waals surface area contributed by atoms with Gasteiger partial charge in [0.25, 0.3) is 5.69 Å². The van der Waals surface area contributed by atoms with Crippen molar-refractivity contribution >= 4 is 16.7 Å². The van der Waals surface area contributed by atoms with Gasteiger partial charge in [-0.1, -0.05) is 0 Å². The molecule has 1 heterocycles. The number of hydrogen-bond donors (Lipinski definition) is 1. The molecule has 0 aliphatic heterocycles. The van der Waals surface area contributed by atoms with Crippen molar-refractivity contribution in [1.29, 1.82) is 5.41 Å². The van der Waals surface area contributed by atoms with Gasteiger partial charge in [0.15, 0.2) is 0 Å². The molecule has 24 heavy (non-hydrogen) atoms. The third-order valence-electron chi connectivity index (χ3n) is 3.67. The number of nitrogens with zero attached hydrogens (tertiary/aromatic N) is 1. The zero-order valence-corrected chi connectivity index (χ0v) is 13.0. The van der Waals surface area contributed by atoms with Crippen molar-refractivity contribution in [2.75, 3.05) is 14.2 Å². The first-order valence-electron chi connectivity index (χ1n) is 7.03. The summed E-state index contributed by atoms with van der Waals surface area (Å²) >= 11 is 0. The summed E-state index contributed by atoms with van der Waals surface area (Å²) in [5, 5.41) is 19.5. The maximum atomic E-state index is 10.8. The van der Waals surface area contributed by atoms with E-state index < -0.39 is 4.92 Å². The fourth-order valence-electron chi connectivity index (χ4n) is 2.44. The second-order valence-corrected chi connectivity index (χ2v) is 5.03. The van der Waals surface area contributed by atoms with Gasteiger partial charge in [0.1, 0.15) is 17.1 Å². The maximum absolute atomic E-state index is 10.8. The van der Waals surface area contributed by atoms with E-state index in [0.717, 1.165) is 0 Å². The lowest BCUT2D eigenvalue weighted by Gasteiger charge is -2.10. The smallest absolute Gasteiger partial charge is 0.269 e. The van der Waals surface area contributed by atoms with E-state index in [1.54, 1.807) is 30.3 Å². The van der Waals surface area contributed by atoms with Crippen LogP contribution in [0.3, 0.4) is 0 Å². The van der Waals surface area contributed by atoms with Crippen LogP contribution in [0, 0.1) is 15.5 Å². The number of nitro benzene ring substituents is 1. The molecule has 0 radical (unpaired) electrons. The van der Waals surface area contributed by atoms with Crippen LogP contribution in [-0.2, 0) is 0 Å². The molecular formula is C17H14N2O5. The van der Waals surface area contributed by atoms with Crippen molar-refractivity contribution < 1.29 is 18.8 Å². The van der Waals surface area contributed by atoms with E-state index >= 15 is 0 Å². The minimum Gasteiger partial charge on any atom is -0.496 e. The zero-order chi connectivity index (χ0) is 17.3. The van der Waals surface area contributed by atoms with Crippen LogP contribution in [0.2, 0.25) is 0 Å². The standard InChI is InChI=1S/C17H14N2O5/c1-22-12-7-15(23-2)14-9-13(17(18)24-16(14)8-12)10-3-5-11(6-4-10)19(20)21/h3-9,18H,1-2H3. The number of non-ortho nitro benzene ring substituents is 1. The average molecular weight is 326 g/mol. The van der Waals surface area contributed by atoms with Gasteiger partial charge in [0, 0.05) is 29.8 Å². The van der Waals surface area contributed by atoms with E-state index in [1.807, 2.05) is 0 Å². The molecule has 0 saturated heterocycles. The summed E-state index contributed by atoms with van der Waals surface area (Å²) in [6, 6.07) is 11.1. The van der Waals surface area contributed by atoms with Crippen LogP contribution < -0.4 is 15.0 Å². The van der Waals surface area contributed by atoms with Crippen LogP contribution in [0.4, 0.5) is 5.69 Å². The van der Waals surface area contributed by atoms with Crippen molar-refractivity contribution in [2.45, 2.75) is 0 Å². The molecule has 122 valence electrons. The highest BCUT2D eigenvalue weighted by atomic mass is 16.6. The van der Waals surface area contributed by atoms with E-state index in [1.165, 1.54) is 26.4 Å². The summed E-state index contributed by atoms with van der Waals surface area (Å²) in [7, 11) is 3.07. The minimum atomic E-state index is -0.467. The fraction of sp³-hybridized carbons (Fsp3) is 0.118. The van der Waals surface area contributed by atoms with Crippen LogP contribution in [0.15, 0.2) is 46.9 Å². The topological polar surface area (TPSA) is 98.6 Å². The first-order chi connectivity index (χ1) is 11.5. The van der Waals surface area contributed by atoms with Crippen LogP contribution >= 0.6 is 0 Å². The van der Waals surface area contributed by atoms with E-state index in [4.69, 9.17) is 19.3 Å². The molecule has 0 amide bonds. The number of ether oxygens (including phenoxy) is 2. The van der Waals surface area contributed by atoms with Gasteiger partial charge >= 0.3 is 0 Å². The molecule has 0 aliphatic carbocycles. The van der Waals surface area contributed by atoms with E-state index in [0.29, 0.717) is 33.6 Å². The van der Waals surface area contributed by atoms with Gasteiger partial charge in [-0.15, -0.1) is 0 Å². The molecule has 0 unspecified atom stereocenters. The first kappa shape index (κ1) is 15.5. The molecule has 0 spiro atoms. The van der Waals surface area contributed by atoms with Crippen LogP contribution in [0.1, 0.15) is 0 Å². The quantitative estimate of drug-likeness (QED) is 0.584. The van der Waals surface area contributed by atoms with Crippen molar-refractivity contribution in [3.05, 3.63) is 58.1 Å². The lowest BCUT2D eigenvalue weighted by atomic mass is 10.0. The minimum absolute atomic E-state index is 0.00896. The van der Waals surface area contributed by atoms with Crippen molar-refractivity contribution in [3.8, 4) is 22.6 Å². The summed E-state index contributed by atoms with van der Waals surface area (Å²) in [4.78, 5) is 10.3. The maximum Gasteiger partial charge on any atom is 0.269 e. The Morgan fingerprint density at radius 3 is 2.38 bits per heavy atom. The Morgan fingerprint density at radius 2 is 1.79 bits per heavy atom. The Hall–Kier alpha value is -3.35. The summed E-state index contributed by atoms with van der Waals surface area (Å²) in [5.74, 6) is 1.11. The van der Waals surface area contributed by atoms with E-state index in [2.05, 4.69) is 0 Å². The predicted octanol–water partition coefficient (Wildman–Crippen LogP) is 3.50. The highest BCUT2D eigenvalue weighted by Crippen LogP contribution is 2.32. The number of nitro groups is 1. The van der Waals surface area contributed by atoms with Gasteiger partial charge in [0.2, 0.25) is 5.55 Å². The normalized spacial score (nSPS) is 10.6. The summed E-state index contributed by atoms with van der Waals surface area (Å²) in [5.41, 5.74) is 1.56. The monoisotopic (exact) mass is 326 g/mol. The molecule has 0 fully saturated rings. The zero-order valence-electron chi connectivity index (χ0n) is 13.0. The van der Waals surface area contributed by atoms with Crippen molar-refractivity contribution in [3.63, 3.8) is 0 Å². The van der Waals surface area contributed by atoms with Gasteiger partial charge in [0.05, 0.1) is 24.5 Å². The fourth-order valence-corrected chi connectivity index (χ4v) is 2.44. The van der Waals surface area contributed by atoms with Gasteiger partial charge < -0.3 is 13.9 Å². The molecular weight excluding hydrogens is 312 g/mol. The molecule has 0 saturated carbocycles. The van der Waals surface area contributed by atoms with Crippen molar-refractivity contribution in [1.82, 2.24) is 0 Å².